The molecule has 0 saturated heterocycles. The van der Waals surface area contributed by atoms with Gasteiger partial charge in [0.15, 0.2) is 0 Å². The smallest absolute Gasteiger partial charge is 0.390 e. The highest BCUT2D eigenvalue weighted by atomic mass is 79.9. The Balaban J connectivity index is 4.08. The maximum absolute atomic E-state index is 11.8. The molecule has 0 N–H and O–H groups in total. The molecule has 2 nitrogen and oxygen atoms in total. The van der Waals surface area contributed by atoms with E-state index in [2.05, 4.69) is 24.1 Å². The van der Waals surface area contributed by atoms with Crippen LogP contribution in [0.5, 0.6) is 0 Å². The fourth-order valence-electron chi connectivity index (χ4n) is 0.467. The zero-order valence-corrected chi connectivity index (χ0v) is 8.62. The lowest BCUT2D eigenvalue weighted by molar-refractivity contribution is -0.114. The summed E-state index contributed by atoms with van der Waals surface area (Å²) < 4.78 is 44.5. The van der Waals surface area contributed by atoms with Crippen molar-refractivity contribution in [1.82, 2.24) is 0 Å². The molecule has 0 fully saturated rings. The average Bonchev–Trinajstić information content (AvgIpc) is 1.84. The van der Waals surface area contributed by atoms with E-state index in [0.29, 0.717) is 0 Å². The van der Waals surface area contributed by atoms with E-state index in [0.717, 1.165) is 0 Å². The molecule has 0 aromatic carbocycles. The lowest BCUT2D eigenvalue weighted by Crippen LogP contribution is -2.37. The molecule has 0 bridgehead atoms. The zero-order chi connectivity index (χ0) is 9.12. The Morgan fingerprint density at radius 1 is 1.27 bits per heavy atom. The van der Waals surface area contributed by atoms with Crippen LogP contribution in [-0.4, -0.2) is 27.6 Å². The monoisotopic (exact) mass is 252 g/mol. The molecule has 11 heavy (non-hydrogen) atoms. The Kier molecular flexibility index (Phi) is 4.02. The molecule has 0 saturated carbocycles. The molecule has 0 heterocycles. The van der Waals surface area contributed by atoms with Gasteiger partial charge in [-0.25, -0.2) is 0 Å². The van der Waals surface area contributed by atoms with Crippen LogP contribution in [0.2, 0.25) is 6.04 Å². The van der Waals surface area contributed by atoms with Gasteiger partial charge in [0, 0.05) is 14.2 Å². The Hall–Kier alpha value is 0.407. The first-order chi connectivity index (χ1) is 4.83. The van der Waals surface area contributed by atoms with Crippen LogP contribution in [0.25, 0.3) is 0 Å². The summed E-state index contributed by atoms with van der Waals surface area (Å²) in [6.45, 7) is 0. The fraction of sp³-hybridized carbons (Fsp3) is 1.00. The van der Waals surface area contributed by atoms with Gasteiger partial charge < -0.3 is 8.85 Å². The van der Waals surface area contributed by atoms with Crippen LogP contribution in [0.4, 0.5) is 13.2 Å². The Labute approximate surface area is 71.5 Å². The molecule has 0 rings (SSSR count). The normalized spacial score (nSPS) is 13.6. The zero-order valence-electron chi connectivity index (χ0n) is 6.04. The van der Waals surface area contributed by atoms with Crippen molar-refractivity contribution in [2.45, 2.75) is 12.2 Å². The van der Waals surface area contributed by atoms with Crippen molar-refractivity contribution < 1.29 is 22.0 Å². The van der Waals surface area contributed by atoms with Crippen molar-refractivity contribution >= 4 is 22.5 Å². The van der Waals surface area contributed by atoms with Crippen LogP contribution in [0, 0.1) is 0 Å². The van der Waals surface area contributed by atoms with E-state index in [1.165, 1.54) is 14.2 Å². The molecule has 7 heteroatoms. The van der Waals surface area contributed by atoms with Gasteiger partial charge in [-0.15, -0.1) is 0 Å². The average molecular weight is 253 g/mol. The van der Waals surface area contributed by atoms with Crippen molar-refractivity contribution in [2.24, 2.45) is 0 Å². The molecule has 0 aliphatic heterocycles. The lowest BCUT2D eigenvalue weighted by atomic mass is 10.8. The van der Waals surface area contributed by atoms with Gasteiger partial charge in [0.2, 0.25) is 0 Å². The van der Waals surface area contributed by atoms with Crippen molar-refractivity contribution in [3.05, 3.63) is 0 Å². The van der Waals surface area contributed by atoms with E-state index in [1.807, 2.05) is 0 Å². The number of alkyl halides is 3. The summed E-state index contributed by atoms with van der Waals surface area (Å²) in [4.78, 5) is 0. The SMILES string of the molecule is CO[Si](Br)(CC(F)(F)F)OC. The molecule has 0 aliphatic carbocycles. The first kappa shape index (κ1) is 11.4. The van der Waals surface area contributed by atoms with Gasteiger partial charge in [0.05, 0.1) is 6.04 Å². The maximum Gasteiger partial charge on any atom is 0.422 e. The molecule has 0 radical (unpaired) electrons. The maximum atomic E-state index is 11.8. The van der Waals surface area contributed by atoms with Crippen molar-refractivity contribution in [1.29, 1.82) is 0 Å². The standard InChI is InChI=1S/C4H8BrF3O2Si/c1-9-11(5,10-2)3-4(6,7)8/h3H2,1-2H3. The summed E-state index contributed by atoms with van der Waals surface area (Å²) in [5, 5.41) is 0. The first-order valence-corrected chi connectivity index (χ1v) is 6.97. The topological polar surface area (TPSA) is 18.5 Å². The van der Waals surface area contributed by atoms with Crippen LogP contribution in [0.1, 0.15) is 0 Å². The number of hydrogen-bond acceptors (Lipinski definition) is 2. The largest absolute Gasteiger partial charge is 0.422 e. The highest BCUT2D eigenvalue weighted by Crippen LogP contribution is 2.31. The summed E-state index contributed by atoms with van der Waals surface area (Å²) in [5.41, 5.74) is 0. The predicted octanol–water partition coefficient (Wildman–Crippen LogP) is 2.18. The molecule has 0 aromatic heterocycles. The predicted molar refractivity (Wildman–Crippen MR) is 39.6 cm³/mol. The van der Waals surface area contributed by atoms with E-state index in [9.17, 15) is 13.2 Å². The second-order valence-electron chi connectivity index (χ2n) is 1.86. The van der Waals surface area contributed by atoms with Gasteiger partial charge in [-0.3, -0.25) is 0 Å². The van der Waals surface area contributed by atoms with Gasteiger partial charge in [-0.05, 0) is 0 Å². The van der Waals surface area contributed by atoms with Gasteiger partial charge in [-0.2, -0.15) is 13.2 Å². The third kappa shape index (κ3) is 4.78. The third-order valence-corrected chi connectivity index (χ3v) is 5.85. The second-order valence-corrected chi connectivity index (χ2v) is 7.97. The summed E-state index contributed by atoms with van der Waals surface area (Å²) >= 11 is 2.79. The van der Waals surface area contributed by atoms with Crippen molar-refractivity contribution in [3.8, 4) is 0 Å². The molecule has 0 amide bonds. The third-order valence-electron chi connectivity index (χ3n) is 1.02. The molecule has 68 valence electrons. The Morgan fingerprint density at radius 2 is 1.64 bits per heavy atom. The van der Waals surface area contributed by atoms with Crippen LogP contribution in [-0.2, 0) is 8.85 Å². The molecule has 0 spiro atoms. The molecule has 0 aromatic rings. The van der Waals surface area contributed by atoms with E-state index in [1.54, 1.807) is 0 Å². The minimum Gasteiger partial charge on any atom is -0.390 e. The quantitative estimate of drug-likeness (QED) is 0.567. The molecular formula is C4H8BrF3O2Si. The van der Waals surface area contributed by atoms with Gasteiger partial charge in [-0.1, -0.05) is 15.3 Å². The fourth-order valence-corrected chi connectivity index (χ4v) is 2.36. The van der Waals surface area contributed by atoms with E-state index in [-0.39, 0.29) is 0 Å². The lowest BCUT2D eigenvalue weighted by Gasteiger charge is -2.21. The van der Waals surface area contributed by atoms with Crippen molar-refractivity contribution in [2.75, 3.05) is 14.2 Å². The van der Waals surface area contributed by atoms with Crippen LogP contribution in [0.15, 0.2) is 0 Å². The van der Waals surface area contributed by atoms with E-state index in [4.69, 9.17) is 0 Å². The summed E-state index contributed by atoms with van der Waals surface area (Å²) in [6, 6.07) is -1.05. The molecule has 0 aliphatic rings. The minimum absolute atomic E-state index is 1.05. The summed E-state index contributed by atoms with van der Waals surface area (Å²) in [5.74, 6) is 0. The van der Waals surface area contributed by atoms with Gasteiger partial charge >= 0.3 is 13.4 Å². The number of halogens is 4. The van der Waals surface area contributed by atoms with Crippen molar-refractivity contribution in [3.63, 3.8) is 0 Å². The van der Waals surface area contributed by atoms with Crippen LogP contribution >= 0.6 is 15.3 Å². The Morgan fingerprint density at radius 3 is 1.73 bits per heavy atom. The number of hydrogen-bond donors (Lipinski definition) is 0. The van der Waals surface area contributed by atoms with E-state index >= 15 is 0 Å². The van der Waals surface area contributed by atoms with Gasteiger partial charge in [0.25, 0.3) is 0 Å². The van der Waals surface area contributed by atoms with Crippen LogP contribution < -0.4 is 0 Å². The van der Waals surface area contributed by atoms with E-state index < -0.39 is 19.4 Å². The minimum atomic E-state index is -4.25. The van der Waals surface area contributed by atoms with Crippen LogP contribution in [0.3, 0.4) is 0 Å². The first-order valence-electron chi connectivity index (χ1n) is 2.69. The summed E-state index contributed by atoms with van der Waals surface area (Å²) in [7, 11) is -0.764. The second kappa shape index (κ2) is 3.88. The van der Waals surface area contributed by atoms with Gasteiger partial charge in [0.1, 0.15) is 0 Å². The highest BCUT2D eigenvalue weighted by molar-refractivity contribution is 9.25. The highest BCUT2D eigenvalue weighted by Gasteiger charge is 2.45. The summed E-state index contributed by atoms with van der Waals surface area (Å²) in [6.07, 6.45) is -4.25. The number of rotatable bonds is 3. The molecule has 0 unspecified atom stereocenters. The molecule has 0 atom stereocenters. The Bertz CT molecular complexity index is 125. The molecular weight excluding hydrogens is 245 g/mol.